The molecule has 0 radical (unpaired) electrons. The van der Waals surface area contributed by atoms with E-state index in [0.29, 0.717) is 0 Å². The molecule has 0 spiro atoms. The Bertz CT molecular complexity index is 106. The lowest BCUT2D eigenvalue weighted by Gasteiger charge is -2.05. The summed E-state index contributed by atoms with van der Waals surface area (Å²) in [7, 11) is 0. The van der Waals surface area contributed by atoms with Crippen LogP contribution in [0.5, 0.6) is 0 Å². The minimum atomic E-state index is 1.12. The molecule has 2 saturated carbocycles. The van der Waals surface area contributed by atoms with Crippen molar-refractivity contribution in [1.29, 1.82) is 0 Å². The smallest absolute Gasteiger partial charge is 0.0414 e. The molecule has 0 atom stereocenters. The lowest BCUT2D eigenvalue weighted by Crippen LogP contribution is -1.91. The van der Waals surface area contributed by atoms with Gasteiger partial charge in [-0.05, 0) is 5.92 Å². The molecule has 2 fully saturated rings. The highest BCUT2D eigenvalue weighted by atomic mass is 14.2. The Morgan fingerprint density at radius 1 is 0.706 bits per heavy atom. The van der Waals surface area contributed by atoms with Crippen molar-refractivity contribution in [3.63, 3.8) is 0 Å². The minimum Gasteiger partial charge on any atom is -0.0683 e. The normalized spacial score (nSPS) is 19.9. The van der Waals surface area contributed by atoms with E-state index in [1.54, 1.807) is 0 Å². The molecule has 0 aromatic rings. The molecule has 0 unspecified atom stereocenters. The molecule has 2 rings (SSSR count). The average Bonchev–Trinajstić information content (AvgIpc) is 2.95. The van der Waals surface area contributed by atoms with Crippen molar-refractivity contribution in [1.82, 2.24) is 0 Å². The van der Waals surface area contributed by atoms with Crippen molar-refractivity contribution >= 4 is 0 Å². The molecule has 0 aromatic heterocycles. The minimum absolute atomic E-state index is 1.12. The molecule has 0 aromatic carbocycles. The first-order valence-corrected chi connectivity index (χ1v) is 8.43. The van der Waals surface area contributed by atoms with Gasteiger partial charge >= 0.3 is 0 Å². The van der Waals surface area contributed by atoms with Gasteiger partial charge < -0.3 is 0 Å². The van der Waals surface area contributed by atoms with E-state index in [1.165, 1.54) is 83.5 Å². The molecule has 0 N–H and O–H groups in total. The lowest BCUT2D eigenvalue weighted by molar-refractivity contribution is 0.480. The van der Waals surface area contributed by atoms with E-state index in [9.17, 15) is 0 Å². The maximum Gasteiger partial charge on any atom is -0.0414 e. The van der Waals surface area contributed by atoms with Crippen LogP contribution in [0.15, 0.2) is 0 Å². The topological polar surface area (TPSA) is 0 Å². The molecule has 0 saturated heterocycles. The van der Waals surface area contributed by atoms with E-state index in [0.717, 1.165) is 5.92 Å². The zero-order chi connectivity index (χ0) is 12.8. The lowest BCUT2D eigenvalue weighted by atomic mass is 10.0. The standard InChI is InChI=1S/C9H18.C6H12.C2H6/c1-2-3-6-9-7-4-5-8-9;1-2-4-6-5-3-1;1-2/h9H,2-8H2,1H3;1-6H2;1-2H3. The molecule has 0 bridgehead atoms. The highest BCUT2D eigenvalue weighted by Gasteiger charge is 2.13. The Hall–Kier alpha value is 0. The first-order chi connectivity index (χ1) is 8.43. The molecule has 0 nitrogen and oxygen atoms in total. The summed E-state index contributed by atoms with van der Waals surface area (Å²) in [6.07, 6.45) is 19.4. The summed E-state index contributed by atoms with van der Waals surface area (Å²) in [4.78, 5) is 0. The van der Waals surface area contributed by atoms with Crippen molar-refractivity contribution in [3.05, 3.63) is 0 Å². The highest BCUT2D eigenvalue weighted by Crippen LogP contribution is 2.28. The van der Waals surface area contributed by atoms with Gasteiger partial charge in [-0.15, -0.1) is 0 Å². The van der Waals surface area contributed by atoms with Crippen LogP contribution in [0, 0.1) is 5.92 Å². The van der Waals surface area contributed by atoms with Gasteiger partial charge in [0.25, 0.3) is 0 Å². The summed E-state index contributed by atoms with van der Waals surface area (Å²) >= 11 is 0. The van der Waals surface area contributed by atoms with Gasteiger partial charge in [0.1, 0.15) is 0 Å². The first-order valence-electron chi connectivity index (χ1n) is 8.43. The second-order valence-electron chi connectivity index (χ2n) is 5.41. The van der Waals surface area contributed by atoms with Crippen molar-refractivity contribution in [3.8, 4) is 0 Å². The maximum absolute atomic E-state index is 2.29. The van der Waals surface area contributed by atoms with Crippen molar-refractivity contribution in [2.75, 3.05) is 0 Å². The summed E-state index contributed by atoms with van der Waals surface area (Å²) in [5, 5.41) is 0. The van der Waals surface area contributed by atoms with Gasteiger partial charge in [-0.2, -0.15) is 0 Å². The quantitative estimate of drug-likeness (QED) is 0.513. The van der Waals surface area contributed by atoms with Gasteiger partial charge in [0.05, 0.1) is 0 Å². The van der Waals surface area contributed by atoms with Gasteiger partial charge in [0.15, 0.2) is 0 Å². The summed E-state index contributed by atoms with van der Waals surface area (Å²) in [5.41, 5.74) is 0. The Morgan fingerprint density at radius 2 is 1.12 bits per heavy atom. The van der Waals surface area contributed by atoms with Crippen LogP contribution in [0.3, 0.4) is 0 Å². The summed E-state index contributed by atoms with van der Waals surface area (Å²) < 4.78 is 0. The molecule has 0 heteroatoms. The fourth-order valence-corrected chi connectivity index (χ4v) is 2.85. The summed E-state index contributed by atoms with van der Waals surface area (Å²) in [6.45, 7) is 6.29. The average molecular weight is 240 g/mol. The molecule has 104 valence electrons. The molecular formula is C17H36. The van der Waals surface area contributed by atoms with Gasteiger partial charge in [-0.25, -0.2) is 0 Å². The zero-order valence-corrected chi connectivity index (χ0v) is 12.8. The SMILES string of the molecule is C1CCCCC1.CC.CCCCC1CCCC1. The third-order valence-electron chi connectivity index (χ3n) is 3.94. The van der Waals surface area contributed by atoms with E-state index in [4.69, 9.17) is 0 Å². The Kier molecular flexibility index (Phi) is 14.1. The molecule has 0 aliphatic heterocycles. The number of rotatable bonds is 3. The molecule has 2 aliphatic rings. The predicted molar refractivity (Wildman–Crippen MR) is 80.5 cm³/mol. The Labute approximate surface area is 111 Å². The predicted octanol–water partition coefficient (Wildman–Crippen LogP) is 6.73. The molecule has 0 heterocycles. The molecule has 2 aliphatic carbocycles. The van der Waals surface area contributed by atoms with Crippen LogP contribution in [-0.4, -0.2) is 0 Å². The number of hydrogen-bond acceptors (Lipinski definition) is 0. The maximum atomic E-state index is 2.29. The van der Waals surface area contributed by atoms with Crippen LogP contribution >= 0.6 is 0 Å². The van der Waals surface area contributed by atoms with Crippen LogP contribution < -0.4 is 0 Å². The Morgan fingerprint density at radius 3 is 1.47 bits per heavy atom. The summed E-state index contributed by atoms with van der Waals surface area (Å²) in [5.74, 6) is 1.12. The third-order valence-corrected chi connectivity index (χ3v) is 3.94. The van der Waals surface area contributed by atoms with Crippen molar-refractivity contribution in [2.24, 2.45) is 5.92 Å². The van der Waals surface area contributed by atoms with Gasteiger partial charge in [0.2, 0.25) is 0 Å². The van der Waals surface area contributed by atoms with Crippen LogP contribution in [0.25, 0.3) is 0 Å². The number of hydrogen-bond donors (Lipinski definition) is 0. The second-order valence-corrected chi connectivity index (χ2v) is 5.41. The van der Waals surface area contributed by atoms with Gasteiger partial charge in [-0.3, -0.25) is 0 Å². The van der Waals surface area contributed by atoms with Gasteiger partial charge in [-0.1, -0.05) is 104 Å². The highest BCUT2D eigenvalue weighted by molar-refractivity contribution is 4.66. The Balaban J connectivity index is 0.000000278. The second kappa shape index (κ2) is 14.1. The molecule has 0 amide bonds. The number of unbranched alkanes of at least 4 members (excludes halogenated alkanes) is 1. The zero-order valence-electron chi connectivity index (χ0n) is 12.8. The van der Waals surface area contributed by atoms with Crippen molar-refractivity contribution < 1.29 is 0 Å². The molecular weight excluding hydrogens is 204 g/mol. The first kappa shape index (κ1) is 17.0. The van der Waals surface area contributed by atoms with E-state index >= 15 is 0 Å². The van der Waals surface area contributed by atoms with Crippen LogP contribution in [0.2, 0.25) is 0 Å². The monoisotopic (exact) mass is 240 g/mol. The van der Waals surface area contributed by atoms with E-state index in [-0.39, 0.29) is 0 Å². The van der Waals surface area contributed by atoms with Crippen LogP contribution in [0.4, 0.5) is 0 Å². The fraction of sp³-hybridized carbons (Fsp3) is 1.00. The van der Waals surface area contributed by atoms with Crippen LogP contribution in [-0.2, 0) is 0 Å². The van der Waals surface area contributed by atoms with Crippen LogP contribution in [0.1, 0.15) is 104 Å². The van der Waals surface area contributed by atoms with E-state index < -0.39 is 0 Å². The van der Waals surface area contributed by atoms with E-state index in [1.807, 2.05) is 13.8 Å². The third kappa shape index (κ3) is 10.9. The fourth-order valence-electron chi connectivity index (χ4n) is 2.85. The van der Waals surface area contributed by atoms with Crippen molar-refractivity contribution in [2.45, 2.75) is 104 Å². The van der Waals surface area contributed by atoms with Gasteiger partial charge in [0, 0.05) is 0 Å². The molecule has 17 heavy (non-hydrogen) atoms. The summed E-state index contributed by atoms with van der Waals surface area (Å²) in [6, 6.07) is 0. The van der Waals surface area contributed by atoms with E-state index in [2.05, 4.69) is 6.92 Å². The largest absolute Gasteiger partial charge is 0.0683 e.